The van der Waals surface area contributed by atoms with E-state index in [1.165, 1.54) is 12.8 Å². The first-order valence-electron chi connectivity index (χ1n) is 11.7. The largest absolute Gasteiger partial charge is 0.494 e. The Morgan fingerprint density at radius 2 is 1.79 bits per heavy atom. The smallest absolute Gasteiger partial charge is 0.289 e. The lowest BCUT2D eigenvalue weighted by atomic mass is 10.2. The molecule has 2 aromatic heterocycles. The zero-order valence-corrected chi connectivity index (χ0v) is 18.8. The minimum atomic E-state index is -0.299. The number of carbonyl (C=O) groups excluding carboxylic acids is 1. The summed E-state index contributed by atoms with van der Waals surface area (Å²) in [5, 5.41) is 3.86. The van der Waals surface area contributed by atoms with E-state index in [2.05, 4.69) is 15.2 Å². The van der Waals surface area contributed by atoms with Gasteiger partial charge in [0.25, 0.3) is 5.91 Å². The predicted molar refractivity (Wildman–Crippen MR) is 129 cm³/mol. The maximum absolute atomic E-state index is 13.1. The van der Waals surface area contributed by atoms with Gasteiger partial charge < -0.3 is 19.4 Å². The average Bonchev–Trinajstić information content (AvgIpc) is 3.01. The Bertz CT molecular complexity index is 1260. The molecule has 1 aliphatic heterocycles. The number of nitrogens with one attached hydrogen (secondary N) is 1. The SMILES string of the molecule is CCOc1ccc(CNC(=O)c2nc(N3CCCCCC3)c3oc4ccccc4c3n2)cc1. The second-order valence-electron chi connectivity index (χ2n) is 8.31. The van der Waals surface area contributed by atoms with Gasteiger partial charge in [-0.2, -0.15) is 0 Å². The lowest BCUT2D eigenvalue weighted by Crippen LogP contribution is -2.29. The number of hydrogen-bond acceptors (Lipinski definition) is 6. The maximum Gasteiger partial charge on any atom is 0.289 e. The quantitative estimate of drug-likeness (QED) is 0.446. The molecule has 7 heteroatoms. The van der Waals surface area contributed by atoms with Crippen molar-refractivity contribution in [3.05, 3.63) is 59.9 Å². The lowest BCUT2D eigenvalue weighted by Gasteiger charge is -2.21. The van der Waals surface area contributed by atoms with Crippen molar-refractivity contribution in [3.63, 3.8) is 0 Å². The van der Waals surface area contributed by atoms with Gasteiger partial charge in [0.15, 0.2) is 11.4 Å². The molecule has 0 aliphatic carbocycles. The summed E-state index contributed by atoms with van der Waals surface area (Å²) in [5.74, 6) is 1.39. The van der Waals surface area contributed by atoms with Crippen LogP contribution in [0.4, 0.5) is 5.82 Å². The molecule has 0 spiro atoms. The van der Waals surface area contributed by atoms with Crippen molar-refractivity contribution in [2.24, 2.45) is 0 Å². The van der Waals surface area contributed by atoms with Crippen molar-refractivity contribution >= 4 is 33.8 Å². The summed E-state index contributed by atoms with van der Waals surface area (Å²) in [5.41, 5.74) is 3.08. The van der Waals surface area contributed by atoms with Gasteiger partial charge in [-0.25, -0.2) is 9.97 Å². The number of rotatable bonds is 6. The van der Waals surface area contributed by atoms with Crippen LogP contribution < -0.4 is 15.0 Å². The third-order valence-corrected chi connectivity index (χ3v) is 6.00. The summed E-state index contributed by atoms with van der Waals surface area (Å²) < 4.78 is 11.6. The standard InChI is InChI=1S/C26H28N4O3/c1-2-32-19-13-11-18(12-14-19)17-27-26(31)24-28-22-20-9-5-6-10-21(20)33-23(22)25(29-24)30-15-7-3-4-8-16-30/h5-6,9-14H,2-4,7-8,15-17H2,1H3,(H,27,31). The van der Waals surface area contributed by atoms with Gasteiger partial charge in [-0.1, -0.05) is 37.1 Å². The van der Waals surface area contributed by atoms with Gasteiger partial charge in [0.2, 0.25) is 5.82 Å². The Kier molecular flexibility index (Phi) is 6.11. The lowest BCUT2D eigenvalue weighted by molar-refractivity contribution is 0.0941. The fourth-order valence-corrected chi connectivity index (χ4v) is 4.31. The number of carbonyl (C=O) groups is 1. The minimum absolute atomic E-state index is 0.166. The number of benzene rings is 2. The second-order valence-corrected chi connectivity index (χ2v) is 8.31. The maximum atomic E-state index is 13.1. The van der Waals surface area contributed by atoms with E-state index in [0.29, 0.717) is 30.1 Å². The van der Waals surface area contributed by atoms with Crippen molar-refractivity contribution < 1.29 is 13.9 Å². The van der Waals surface area contributed by atoms with Crippen LogP contribution in [0.2, 0.25) is 0 Å². The topological polar surface area (TPSA) is 80.5 Å². The molecular formula is C26H28N4O3. The van der Waals surface area contributed by atoms with E-state index in [0.717, 1.165) is 48.2 Å². The first-order chi connectivity index (χ1) is 16.2. The number of aromatic nitrogens is 2. The van der Waals surface area contributed by atoms with Crippen LogP contribution >= 0.6 is 0 Å². The molecule has 5 rings (SSSR count). The molecule has 2 aromatic carbocycles. The van der Waals surface area contributed by atoms with Crippen molar-refractivity contribution in [1.82, 2.24) is 15.3 Å². The zero-order valence-electron chi connectivity index (χ0n) is 18.8. The van der Waals surface area contributed by atoms with Crippen molar-refractivity contribution in [2.75, 3.05) is 24.6 Å². The summed E-state index contributed by atoms with van der Waals surface area (Å²) in [4.78, 5) is 24.7. The zero-order chi connectivity index (χ0) is 22.6. The second kappa shape index (κ2) is 9.48. The normalized spacial score (nSPS) is 14.4. The van der Waals surface area contributed by atoms with Gasteiger partial charge in [0.1, 0.15) is 16.8 Å². The average molecular weight is 445 g/mol. The molecule has 1 amide bonds. The number of para-hydroxylation sites is 1. The fourth-order valence-electron chi connectivity index (χ4n) is 4.31. The third-order valence-electron chi connectivity index (χ3n) is 6.00. The van der Waals surface area contributed by atoms with Crippen LogP contribution in [0.1, 0.15) is 48.8 Å². The van der Waals surface area contributed by atoms with Crippen LogP contribution in [0, 0.1) is 0 Å². The fraction of sp³-hybridized carbons (Fsp3) is 0.346. The van der Waals surface area contributed by atoms with Crippen LogP contribution in [0.15, 0.2) is 52.9 Å². The Morgan fingerprint density at radius 3 is 2.55 bits per heavy atom. The molecule has 0 unspecified atom stereocenters. The van der Waals surface area contributed by atoms with Crippen LogP contribution in [0.5, 0.6) is 5.75 Å². The molecular weight excluding hydrogens is 416 g/mol. The summed E-state index contributed by atoms with van der Waals surface area (Å²) in [6, 6.07) is 15.5. The number of amides is 1. The number of fused-ring (bicyclic) bond motifs is 3. The molecule has 1 aliphatic rings. The molecule has 0 radical (unpaired) electrons. The number of ether oxygens (including phenoxy) is 1. The summed E-state index contributed by atoms with van der Waals surface area (Å²) in [6.45, 7) is 4.76. The Balaban J connectivity index is 1.46. The summed E-state index contributed by atoms with van der Waals surface area (Å²) in [6.07, 6.45) is 4.62. The third kappa shape index (κ3) is 4.49. The van der Waals surface area contributed by atoms with Gasteiger partial charge in [0, 0.05) is 25.0 Å². The summed E-state index contributed by atoms with van der Waals surface area (Å²) >= 11 is 0. The molecule has 4 aromatic rings. The minimum Gasteiger partial charge on any atom is -0.494 e. The highest BCUT2D eigenvalue weighted by atomic mass is 16.5. The van der Waals surface area contributed by atoms with E-state index in [-0.39, 0.29) is 11.7 Å². The Morgan fingerprint density at radius 1 is 1.03 bits per heavy atom. The van der Waals surface area contributed by atoms with E-state index in [4.69, 9.17) is 14.1 Å². The number of hydrogen-bond donors (Lipinski definition) is 1. The van der Waals surface area contributed by atoms with Gasteiger partial charge >= 0.3 is 0 Å². The van der Waals surface area contributed by atoms with Gasteiger partial charge in [-0.05, 0) is 49.6 Å². The first kappa shape index (κ1) is 21.2. The van der Waals surface area contributed by atoms with Crippen molar-refractivity contribution in [2.45, 2.75) is 39.2 Å². The first-order valence-corrected chi connectivity index (χ1v) is 11.7. The molecule has 0 bridgehead atoms. The van der Waals surface area contributed by atoms with E-state index >= 15 is 0 Å². The van der Waals surface area contributed by atoms with Crippen LogP contribution in [-0.2, 0) is 6.54 Å². The van der Waals surface area contributed by atoms with E-state index in [9.17, 15) is 4.79 Å². The van der Waals surface area contributed by atoms with Crippen molar-refractivity contribution in [3.8, 4) is 5.75 Å². The van der Waals surface area contributed by atoms with Gasteiger partial charge in [-0.3, -0.25) is 4.79 Å². The van der Waals surface area contributed by atoms with Gasteiger partial charge in [0.05, 0.1) is 6.61 Å². The van der Waals surface area contributed by atoms with E-state index in [1.54, 1.807) is 0 Å². The van der Waals surface area contributed by atoms with Crippen LogP contribution in [-0.4, -0.2) is 35.6 Å². The molecule has 1 fully saturated rings. The molecule has 1 saturated heterocycles. The highest BCUT2D eigenvalue weighted by molar-refractivity contribution is 6.07. The Hall–Kier alpha value is -3.61. The van der Waals surface area contributed by atoms with E-state index < -0.39 is 0 Å². The van der Waals surface area contributed by atoms with Crippen LogP contribution in [0.3, 0.4) is 0 Å². The van der Waals surface area contributed by atoms with Crippen molar-refractivity contribution in [1.29, 1.82) is 0 Å². The molecule has 3 heterocycles. The Labute approximate surface area is 192 Å². The van der Waals surface area contributed by atoms with E-state index in [1.807, 2.05) is 55.5 Å². The van der Waals surface area contributed by atoms with Gasteiger partial charge in [-0.15, -0.1) is 0 Å². The molecule has 33 heavy (non-hydrogen) atoms. The molecule has 0 saturated carbocycles. The summed E-state index contributed by atoms with van der Waals surface area (Å²) in [7, 11) is 0. The monoisotopic (exact) mass is 444 g/mol. The number of furan rings is 1. The van der Waals surface area contributed by atoms with Crippen LogP contribution in [0.25, 0.3) is 22.1 Å². The molecule has 7 nitrogen and oxygen atoms in total. The highest BCUT2D eigenvalue weighted by Crippen LogP contribution is 2.33. The predicted octanol–water partition coefficient (Wildman–Crippen LogP) is 5.09. The number of nitrogens with zero attached hydrogens (tertiary/aromatic N) is 3. The number of anilines is 1. The molecule has 170 valence electrons. The molecule has 0 atom stereocenters. The highest BCUT2D eigenvalue weighted by Gasteiger charge is 2.23. The molecule has 1 N–H and O–H groups in total.